The number of aromatic nitrogens is 3. The molecule has 3 aromatic rings. The number of nitrogens with zero attached hydrogens (tertiary/aromatic N) is 4. The lowest BCUT2D eigenvalue weighted by molar-refractivity contribution is 0.248. The maximum absolute atomic E-state index is 4.27. The molecule has 0 bridgehead atoms. The number of rotatable bonds is 4. The molecule has 23 heavy (non-hydrogen) atoms. The summed E-state index contributed by atoms with van der Waals surface area (Å²) in [5.41, 5.74) is 3.83. The molecule has 4 rings (SSSR count). The van der Waals surface area contributed by atoms with Crippen molar-refractivity contribution in [1.82, 2.24) is 19.7 Å². The number of pyridine rings is 1. The predicted molar refractivity (Wildman–Crippen MR) is 90.2 cm³/mol. The van der Waals surface area contributed by atoms with E-state index in [0.717, 1.165) is 18.8 Å². The first kappa shape index (κ1) is 14.2. The Balaban J connectivity index is 1.49. The third kappa shape index (κ3) is 3.03. The van der Waals surface area contributed by atoms with Gasteiger partial charge in [-0.15, -0.1) is 0 Å². The Hall–Kier alpha value is -2.46. The van der Waals surface area contributed by atoms with Crippen LogP contribution in [0.5, 0.6) is 0 Å². The zero-order chi connectivity index (χ0) is 15.5. The second kappa shape index (κ2) is 6.34. The molecule has 0 N–H and O–H groups in total. The summed E-state index contributed by atoms with van der Waals surface area (Å²) in [6.07, 6.45) is 10.1. The van der Waals surface area contributed by atoms with Crippen molar-refractivity contribution in [2.75, 3.05) is 6.54 Å². The molecule has 2 aromatic heterocycles. The zero-order valence-corrected chi connectivity index (χ0v) is 13.0. The summed E-state index contributed by atoms with van der Waals surface area (Å²) in [6.45, 7) is 2.15. The molecule has 116 valence electrons. The van der Waals surface area contributed by atoms with Gasteiger partial charge in [0.1, 0.15) is 0 Å². The highest BCUT2D eigenvalue weighted by molar-refractivity contribution is 5.34. The van der Waals surface area contributed by atoms with E-state index < -0.39 is 0 Å². The van der Waals surface area contributed by atoms with E-state index in [0.29, 0.717) is 6.04 Å². The minimum atomic E-state index is 0.517. The lowest BCUT2D eigenvalue weighted by Gasteiger charge is -2.24. The van der Waals surface area contributed by atoms with Gasteiger partial charge in [-0.1, -0.05) is 12.1 Å². The molecule has 1 aromatic carbocycles. The normalized spacial score (nSPS) is 18.3. The first-order valence-corrected chi connectivity index (χ1v) is 8.13. The average Bonchev–Trinajstić information content (AvgIpc) is 3.28. The standard InChI is InChI=1S/C19H20N4/c1-3-19(17-8-11-20-12-9-17)22(13-1)15-16-4-6-18(7-5-16)23-14-2-10-21-23/h2,4-12,14,19H,1,3,13,15H2/t19-/m1/s1. The molecule has 0 amide bonds. The van der Waals surface area contributed by atoms with Crippen molar-refractivity contribution in [1.29, 1.82) is 0 Å². The Morgan fingerprint density at radius 3 is 2.57 bits per heavy atom. The predicted octanol–water partition coefficient (Wildman–Crippen LogP) is 3.60. The molecule has 0 unspecified atom stereocenters. The van der Waals surface area contributed by atoms with Crippen molar-refractivity contribution < 1.29 is 0 Å². The minimum absolute atomic E-state index is 0.517. The van der Waals surface area contributed by atoms with Crippen LogP contribution in [0.15, 0.2) is 67.3 Å². The molecule has 1 atom stereocenters. The fraction of sp³-hybridized carbons (Fsp3) is 0.263. The molecule has 1 saturated heterocycles. The number of likely N-dealkylation sites (tertiary alicyclic amines) is 1. The van der Waals surface area contributed by atoms with Crippen LogP contribution in [-0.4, -0.2) is 26.2 Å². The van der Waals surface area contributed by atoms with Gasteiger partial charge in [0.25, 0.3) is 0 Å². The molecule has 4 heteroatoms. The van der Waals surface area contributed by atoms with Crippen LogP contribution in [0.1, 0.15) is 30.0 Å². The van der Waals surface area contributed by atoms with Crippen molar-refractivity contribution in [3.63, 3.8) is 0 Å². The Morgan fingerprint density at radius 1 is 1.00 bits per heavy atom. The summed E-state index contributed by atoms with van der Waals surface area (Å²) in [4.78, 5) is 6.70. The molecule has 1 fully saturated rings. The summed E-state index contributed by atoms with van der Waals surface area (Å²) in [5, 5.41) is 4.27. The SMILES string of the molecule is c1cnn(-c2ccc(CN3CCC[C@@H]3c3ccncc3)cc2)c1. The molecule has 1 aliphatic rings. The van der Waals surface area contributed by atoms with Gasteiger partial charge in [-0.3, -0.25) is 9.88 Å². The molecule has 0 radical (unpaired) electrons. The first-order valence-electron chi connectivity index (χ1n) is 8.13. The van der Waals surface area contributed by atoms with E-state index in [2.05, 4.69) is 51.4 Å². The molecular formula is C19H20N4. The molecule has 0 spiro atoms. The van der Waals surface area contributed by atoms with Gasteiger partial charge >= 0.3 is 0 Å². The lowest BCUT2D eigenvalue weighted by atomic mass is 10.1. The van der Waals surface area contributed by atoms with E-state index >= 15 is 0 Å². The van der Waals surface area contributed by atoms with E-state index in [-0.39, 0.29) is 0 Å². The number of hydrogen-bond acceptors (Lipinski definition) is 3. The maximum Gasteiger partial charge on any atom is 0.0645 e. The second-order valence-electron chi connectivity index (χ2n) is 6.03. The number of benzene rings is 1. The summed E-state index contributed by atoms with van der Waals surface area (Å²) in [5.74, 6) is 0. The summed E-state index contributed by atoms with van der Waals surface area (Å²) in [7, 11) is 0. The van der Waals surface area contributed by atoms with Crippen molar-refractivity contribution in [3.8, 4) is 5.69 Å². The minimum Gasteiger partial charge on any atom is -0.292 e. The molecular weight excluding hydrogens is 284 g/mol. The topological polar surface area (TPSA) is 34.0 Å². The van der Waals surface area contributed by atoms with E-state index in [9.17, 15) is 0 Å². The molecule has 4 nitrogen and oxygen atoms in total. The van der Waals surface area contributed by atoms with Gasteiger partial charge in [0.05, 0.1) is 5.69 Å². The summed E-state index contributed by atoms with van der Waals surface area (Å²) in [6, 6.07) is 15.4. The fourth-order valence-electron chi connectivity index (χ4n) is 3.39. The Bertz CT molecular complexity index is 735. The van der Waals surface area contributed by atoms with Gasteiger partial charge in [-0.25, -0.2) is 4.68 Å². The van der Waals surface area contributed by atoms with Crippen LogP contribution in [0.25, 0.3) is 5.69 Å². The monoisotopic (exact) mass is 304 g/mol. The van der Waals surface area contributed by atoms with E-state index in [1.54, 1.807) is 6.20 Å². The molecule has 1 aliphatic heterocycles. The van der Waals surface area contributed by atoms with Gasteiger partial charge in [0.15, 0.2) is 0 Å². The van der Waals surface area contributed by atoms with Crippen molar-refractivity contribution >= 4 is 0 Å². The highest BCUT2D eigenvalue weighted by Crippen LogP contribution is 2.32. The highest BCUT2D eigenvalue weighted by atomic mass is 15.3. The smallest absolute Gasteiger partial charge is 0.0645 e. The van der Waals surface area contributed by atoms with Crippen LogP contribution >= 0.6 is 0 Å². The largest absolute Gasteiger partial charge is 0.292 e. The van der Waals surface area contributed by atoms with Gasteiger partial charge in [0.2, 0.25) is 0 Å². The molecule has 0 aliphatic carbocycles. The summed E-state index contributed by atoms with van der Waals surface area (Å²) < 4.78 is 1.89. The Morgan fingerprint density at radius 2 is 1.83 bits per heavy atom. The zero-order valence-electron chi connectivity index (χ0n) is 13.0. The maximum atomic E-state index is 4.27. The van der Waals surface area contributed by atoms with Gasteiger partial charge in [-0.05, 0) is 60.8 Å². The summed E-state index contributed by atoms with van der Waals surface area (Å²) >= 11 is 0. The van der Waals surface area contributed by atoms with Crippen LogP contribution in [-0.2, 0) is 6.54 Å². The van der Waals surface area contributed by atoms with E-state index in [1.165, 1.54) is 24.0 Å². The highest BCUT2D eigenvalue weighted by Gasteiger charge is 2.25. The first-order chi connectivity index (χ1) is 11.4. The van der Waals surface area contributed by atoms with Crippen molar-refractivity contribution in [2.24, 2.45) is 0 Å². The van der Waals surface area contributed by atoms with Crippen LogP contribution < -0.4 is 0 Å². The van der Waals surface area contributed by atoms with Crippen LogP contribution in [0.2, 0.25) is 0 Å². The van der Waals surface area contributed by atoms with Crippen LogP contribution in [0, 0.1) is 0 Å². The van der Waals surface area contributed by atoms with Gasteiger partial charge in [0, 0.05) is 37.4 Å². The van der Waals surface area contributed by atoms with Crippen LogP contribution in [0.4, 0.5) is 0 Å². The third-order valence-electron chi connectivity index (χ3n) is 4.55. The number of hydrogen-bond donors (Lipinski definition) is 0. The second-order valence-corrected chi connectivity index (χ2v) is 6.03. The van der Waals surface area contributed by atoms with Gasteiger partial charge < -0.3 is 0 Å². The fourth-order valence-corrected chi connectivity index (χ4v) is 3.39. The van der Waals surface area contributed by atoms with E-state index in [4.69, 9.17) is 0 Å². The quantitative estimate of drug-likeness (QED) is 0.738. The molecule has 3 heterocycles. The van der Waals surface area contributed by atoms with Crippen molar-refractivity contribution in [2.45, 2.75) is 25.4 Å². The Labute approximate surface area is 136 Å². The van der Waals surface area contributed by atoms with E-state index in [1.807, 2.05) is 29.3 Å². The average molecular weight is 304 g/mol. The lowest BCUT2D eigenvalue weighted by Crippen LogP contribution is -2.22. The third-order valence-corrected chi connectivity index (χ3v) is 4.55. The van der Waals surface area contributed by atoms with Crippen LogP contribution in [0.3, 0.4) is 0 Å². The Kier molecular flexibility index (Phi) is 3.90. The van der Waals surface area contributed by atoms with Gasteiger partial charge in [-0.2, -0.15) is 5.10 Å². The molecule has 0 saturated carbocycles. The van der Waals surface area contributed by atoms with Crippen molar-refractivity contribution in [3.05, 3.63) is 78.4 Å².